The number of aliphatic hydroxyl groups excluding tert-OH is 3. The predicted octanol–water partition coefficient (Wildman–Crippen LogP) is 0.350. The molecule has 204 valence electrons. The van der Waals surface area contributed by atoms with Crippen LogP contribution in [0.1, 0.15) is 62.7 Å². The number of rotatable bonds is 3. The molecule has 0 amide bonds. The average molecular weight is 530 g/mol. The SMILES string of the molecule is CC1O[C@@H](O)CC(N)[C@H]1O.COc1cccc2c1C(=O)c1c(O)c3c(c(O)c1C2=O)CC(C(=O)CO)CC3. The number of fused-ring (bicyclic) bond motifs is 3. The molecule has 1 saturated heterocycles. The van der Waals surface area contributed by atoms with Gasteiger partial charge in [-0.15, -0.1) is 0 Å². The molecule has 5 atom stereocenters. The second-order valence-electron chi connectivity index (χ2n) is 9.70. The van der Waals surface area contributed by atoms with Crippen LogP contribution in [-0.4, -0.2) is 81.1 Å². The lowest BCUT2D eigenvalue weighted by molar-refractivity contribution is -0.198. The van der Waals surface area contributed by atoms with E-state index in [0.29, 0.717) is 18.4 Å². The van der Waals surface area contributed by atoms with Crippen LogP contribution in [-0.2, 0) is 22.4 Å². The molecule has 1 heterocycles. The number of aromatic hydroxyl groups is 2. The van der Waals surface area contributed by atoms with E-state index in [-0.39, 0.29) is 75.8 Å². The Labute approximate surface area is 218 Å². The fourth-order valence-electron chi connectivity index (χ4n) is 5.32. The highest BCUT2D eigenvalue weighted by atomic mass is 16.6. The van der Waals surface area contributed by atoms with Gasteiger partial charge < -0.3 is 40.7 Å². The number of nitrogens with two attached hydrogens (primary N) is 1. The quantitative estimate of drug-likeness (QED) is 0.256. The molecule has 2 aliphatic carbocycles. The minimum Gasteiger partial charge on any atom is -0.507 e. The summed E-state index contributed by atoms with van der Waals surface area (Å²) in [7, 11) is 1.38. The molecule has 2 aromatic carbocycles. The highest BCUT2D eigenvalue weighted by Crippen LogP contribution is 2.47. The summed E-state index contributed by atoms with van der Waals surface area (Å²) < 4.78 is 10.1. The van der Waals surface area contributed by atoms with Crippen LogP contribution in [0.3, 0.4) is 0 Å². The third-order valence-corrected chi connectivity index (χ3v) is 7.40. The van der Waals surface area contributed by atoms with Gasteiger partial charge in [0.05, 0.1) is 36.0 Å². The van der Waals surface area contributed by atoms with Crippen molar-refractivity contribution in [1.29, 1.82) is 0 Å². The lowest BCUT2D eigenvalue weighted by Crippen LogP contribution is -2.51. The number of methoxy groups -OCH3 is 1. The maximum atomic E-state index is 13.1. The third kappa shape index (κ3) is 4.67. The number of phenolic OH excluding ortho intramolecular Hbond substituents is 2. The summed E-state index contributed by atoms with van der Waals surface area (Å²) in [6, 6.07) is 4.22. The molecule has 11 heteroatoms. The van der Waals surface area contributed by atoms with Crippen molar-refractivity contribution in [3.63, 3.8) is 0 Å². The molecule has 0 spiro atoms. The number of benzene rings is 2. The van der Waals surface area contributed by atoms with Gasteiger partial charge in [0.25, 0.3) is 0 Å². The fourth-order valence-corrected chi connectivity index (χ4v) is 5.32. The first-order chi connectivity index (χ1) is 18.0. The van der Waals surface area contributed by atoms with E-state index in [9.17, 15) is 29.7 Å². The number of aliphatic hydroxyl groups is 3. The summed E-state index contributed by atoms with van der Waals surface area (Å²) in [4.78, 5) is 38.1. The van der Waals surface area contributed by atoms with Crippen molar-refractivity contribution in [1.82, 2.24) is 0 Å². The number of Topliss-reactive ketones (excluding diaryl/α,β-unsaturated/α-hetero) is 1. The molecule has 1 fully saturated rings. The molecule has 5 rings (SSSR count). The molecule has 0 bridgehead atoms. The number of hydrogen-bond donors (Lipinski definition) is 6. The predicted molar refractivity (Wildman–Crippen MR) is 132 cm³/mol. The molecule has 11 nitrogen and oxygen atoms in total. The van der Waals surface area contributed by atoms with Gasteiger partial charge in [-0.05, 0) is 32.3 Å². The zero-order valence-electron chi connectivity index (χ0n) is 21.0. The summed E-state index contributed by atoms with van der Waals surface area (Å²) in [5, 5.41) is 48.9. The molecular weight excluding hydrogens is 498 g/mol. The van der Waals surface area contributed by atoms with Crippen LogP contribution in [0.4, 0.5) is 0 Å². The van der Waals surface area contributed by atoms with Crippen LogP contribution in [0.15, 0.2) is 18.2 Å². The standard InChI is InChI=1S/C21H18O7.C6H13NO3/c1-28-14-4-2-3-11-15(14)21(27)17-16(19(11)25)20(26)12-7-9(13(23)8-22)5-6-10(12)18(17)24;1-3-6(9)4(7)2-5(8)10-3/h2-4,9,22,24,26H,5-8H2,1H3;3-6,8-9H,2,7H2,1H3/t;3?,4?,5-,6+/m.1/s1. The van der Waals surface area contributed by atoms with E-state index in [1.54, 1.807) is 19.1 Å². The van der Waals surface area contributed by atoms with Crippen molar-refractivity contribution in [3.05, 3.63) is 51.6 Å². The average Bonchev–Trinajstić information content (AvgIpc) is 2.91. The van der Waals surface area contributed by atoms with E-state index in [1.165, 1.54) is 13.2 Å². The molecule has 0 radical (unpaired) electrons. The Balaban J connectivity index is 0.000000283. The number of carbonyl (C=O) groups is 3. The lowest BCUT2D eigenvalue weighted by atomic mass is 9.75. The van der Waals surface area contributed by atoms with E-state index in [1.807, 2.05) is 0 Å². The van der Waals surface area contributed by atoms with E-state index in [0.717, 1.165) is 0 Å². The maximum Gasteiger partial charge on any atom is 0.202 e. The second-order valence-corrected chi connectivity index (χ2v) is 9.70. The fraction of sp³-hybridized carbons (Fsp3) is 0.444. The summed E-state index contributed by atoms with van der Waals surface area (Å²) in [5.74, 6) is -2.56. The van der Waals surface area contributed by atoms with E-state index < -0.39 is 36.5 Å². The Morgan fingerprint density at radius 2 is 1.74 bits per heavy atom. The first-order valence-electron chi connectivity index (χ1n) is 12.3. The summed E-state index contributed by atoms with van der Waals surface area (Å²) >= 11 is 0. The monoisotopic (exact) mass is 529 g/mol. The molecular formula is C27H31NO10. The molecule has 0 aromatic heterocycles. The van der Waals surface area contributed by atoms with Crippen LogP contribution in [0, 0.1) is 5.92 Å². The molecule has 7 N–H and O–H groups in total. The summed E-state index contributed by atoms with van der Waals surface area (Å²) in [6.07, 6.45) is -0.798. The molecule has 0 saturated carbocycles. The van der Waals surface area contributed by atoms with Gasteiger partial charge in [0.2, 0.25) is 5.78 Å². The van der Waals surface area contributed by atoms with Crippen LogP contribution < -0.4 is 10.5 Å². The normalized spacial score (nSPS) is 25.9. The highest BCUT2D eigenvalue weighted by molar-refractivity contribution is 6.31. The van der Waals surface area contributed by atoms with Gasteiger partial charge >= 0.3 is 0 Å². The van der Waals surface area contributed by atoms with Crippen molar-refractivity contribution in [2.75, 3.05) is 13.7 Å². The molecule has 2 aromatic rings. The van der Waals surface area contributed by atoms with Gasteiger partial charge in [-0.3, -0.25) is 14.4 Å². The van der Waals surface area contributed by atoms with Gasteiger partial charge in [-0.25, -0.2) is 0 Å². The van der Waals surface area contributed by atoms with Gasteiger partial charge in [-0.2, -0.15) is 0 Å². The van der Waals surface area contributed by atoms with Crippen molar-refractivity contribution in [2.24, 2.45) is 11.7 Å². The Morgan fingerprint density at radius 3 is 2.37 bits per heavy atom. The first kappa shape index (κ1) is 27.7. The number of carbonyl (C=O) groups excluding carboxylic acids is 3. The van der Waals surface area contributed by atoms with Crippen LogP contribution in [0.25, 0.3) is 0 Å². The largest absolute Gasteiger partial charge is 0.507 e. The maximum absolute atomic E-state index is 13.1. The Hall–Kier alpha value is -3.35. The Bertz CT molecular complexity index is 1280. The van der Waals surface area contributed by atoms with Gasteiger partial charge in [0.15, 0.2) is 17.9 Å². The van der Waals surface area contributed by atoms with E-state index >= 15 is 0 Å². The van der Waals surface area contributed by atoms with Crippen LogP contribution >= 0.6 is 0 Å². The summed E-state index contributed by atoms with van der Waals surface area (Å²) in [5.41, 5.74) is 5.77. The summed E-state index contributed by atoms with van der Waals surface area (Å²) in [6.45, 7) is 1.08. The molecule has 3 aliphatic rings. The van der Waals surface area contributed by atoms with Crippen LogP contribution in [0.5, 0.6) is 17.2 Å². The smallest absolute Gasteiger partial charge is 0.202 e. The number of ketones is 3. The minimum atomic E-state index is -0.812. The minimum absolute atomic E-state index is 0.0568. The van der Waals surface area contributed by atoms with Gasteiger partial charge in [-0.1, -0.05) is 12.1 Å². The van der Waals surface area contributed by atoms with Crippen molar-refractivity contribution in [2.45, 2.75) is 57.1 Å². The zero-order valence-corrected chi connectivity index (χ0v) is 21.0. The van der Waals surface area contributed by atoms with E-state index in [4.69, 9.17) is 25.4 Å². The van der Waals surface area contributed by atoms with Crippen molar-refractivity contribution >= 4 is 17.3 Å². The van der Waals surface area contributed by atoms with Gasteiger partial charge in [0.1, 0.15) is 23.9 Å². The Kier molecular flexibility index (Phi) is 7.86. The third-order valence-electron chi connectivity index (χ3n) is 7.40. The number of ether oxygens (including phenoxy) is 2. The van der Waals surface area contributed by atoms with Gasteiger partial charge in [0, 0.05) is 35.1 Å². The second kappa shape index (κ2) is 10.8. The number of phenols is 2. The highest BCUT2D eigenvalue weighted by Gasteiger charge is 2.41. The molecule has 38 heavy (non-hydrogen) atoms. The van der Waals surface area contributed by atoms with Crippen molar-refractivity contribution in [3.8, 4) is 17.2 Å². The van der Waals surface area contributed by atoms with E-state index in [2.05, 4.69) is 0 Å². The van der Waals surface area contributed by atoms with Crippen LogP contribution in [0.2, 0.25) is 0 Å². The Morgan fingerprint density at radius 1 is 1.08 bits per heavy atom. The zero-order chi connectivity index (χ0) is 27.9. The number of hydrogen-bond acceptors (Lipinski definition) is 11. The topological polar surface area (TPSA) is 197 Å². The molecule has 3 unspecified atom stereocenters. The molecule has 1 aliphatic heterocycles. The lowest BCUT2D eigenvalue weighted by Gasteiger charge is -2.33. The first-order valence-corrected chi connectivity index (χ1v) is 12.3. The van der Waals surface area contributed by atoms with Crippen molar-refractivity contribution < 1.29 is 49.4 Å².